The molecule has 6 nitrogen and oxygen atoms in total. The Kier molecular flexibility index (Phi) is 4.87. The third kappa shape index (κ3) is 3.38. The van der Waals surface area contributed by atoms with Gasteiger partial charge in [0.15, 0.2) is 0 Å². The zero-order valence-corrected chi connectivity index (χ0v) is 13.6. The second-order valence-electron chi connectivity index (χ2n) is 6.14. The average molecular weight is 302 g/mol. The van der Waals surface area contributed by atoms with E-state index in [4.69, 9.17) is 0 Å². The largest absolute Gasteiger partial charge is 0.317 e. The van der Waals surface area contributed by atoms with E-state index in [2.05, 4.69) is 44.8 Å². The van der Waals surface area contributed by atoms with Crippen LogP contribution in [0.4, 0.5) is 0 Å². The van der Waals surface area contributed by atoms with E-state index < -0.39 is 0 Å². The standard InChI is InChI=1S/C16H26N6/c1-3-7-21-13-17-19-16(21)15-5-8-20(9-6-15)11-14-10-18-22(4-2)12-14/h10,12-13,15H,3-9,11H2,1-2H3. The number of hydrogen-bond acceptors (Lipinski definition) is 4. The summed E-state index contributed by atoms with van der Waals surface area (Å²) >= 11 is 0. The Bertz CT molecular complexity index is 579. The van der Waals surface area contributed by atoms with Crippen molar-refractivity contribution in [3.63, 3.8) is 0 Å². The molecule has 1 saturated heterocycles. The van der Waals surface area contributed by atoms with Crippen molar-refractivity contribution in [3.8, 4) is 0 Å². The number of nitrogens with zero attached hydrogens (tertiary/aromatic N) is 6. The van der Waals surface area contributed by atoms with Gasteiger partial charge in [-0.2, -0.15) is 5.10 Å². The maximum absolute atomic E-state index is 4.36. The molecule has 0 atom stereocenters. The van der Waals surface area contributed by atoms with Crippen molar-refractivity contribution >= 4 is 0 Å². The molecule has 0 unspecified atom stereocenters. The van der Waals surface area contributed by atoms with Gasteiger partial charge < -0.3 is 4.57 Å². The number of aryl methyl sites for hydroxylation is 2. The predicted octanol–water partition coefficient (Wildman–Crippen LogP) is 2.28. The highest BCUT2D eigenvalue weighted by atomic mass is 15.3. The molecule has 0 spiro atoms. The molecule has 120 valence electrons. The van der Waals surface area contributed by atoms with E-state index in [9.17, 15) is 0 Å². The summed E-state index contributed by atoms with van der Waals surface area (Å²) in [6.45, 7) is 9.54. The number of aromatic nitrogens is 5. The molecule has 2 aromatic rings. The molecular weight excluding hydrogens is 276 g/mol. The van der Waals surface area contributed by atoms with E-state index in [0.29, 0.717) is 5.92 Å². The van der Waals surface area contributed by atoms with Crippen LogP contribution in [0.25, 0.3) is 0 Å². The van der Waals surface area contributed by atoms with Crippen LogP contribution in [-0.2, 0) is 19.6 Å². The fourth-order valence-corrected chi connectivity index (χ4v) is 3.26. The Morgan fingerprint density at radius 3 is 2.73 bits per heavy atom. The number of hydrogen-bond donors (Lipinski definition) is 0. The van der Waals surface area contributed by atoms with E-state index in [0.717, 1.165) is 39.1 Å². The van der Waals surface area contributed by atoms with Gasteiger partial charge in [-0.1, -0.05) is 6.92 Å². The van der Waals surface area contributed by atoms with Crippen molar-refractivity contribution in [1.29, 1.82) is 0 Å². The van der Waals surface area contributed by atoms with Crippen LogP contribution in [-0.4, -0.2) is 42.5 Å². The van der Waals surface area contributed by atoms with Crippen molar-refractivity contribution < 1.29 is 0 Å². The van der Waals surface area contributed by atoms with Gasteiger partial charge in [0, 0.05) is 37.3 Å². The maximum atomic E-state index is 4.36. The first-order valence-electron chi connectivity index (χ1n) is 8.41. The van der Waals surface area contributed by atoms with Gasteiger partial charge >= 0.3 is 0 Å². The Labute approximate surface area is 132 Å². The monoisotopic (exact) mass is 302 g/mol. The summed E-state index contributed by atoms with van der Waals surface area (Å²) in [6.07, 6.45) is 9.50. The smallest absolute Gasteiger partial charge is 0.136 e. The fraction of sp³-hybridized carbons (Fsp3) is 0.688. The molecule has 0 amide bonds. The molecular formula is C16H26N6. The molecule has 1 fully saturated rings. The van der Waals surface area contributed by atoms with Gasteiger partial charge in [-0.15, -0.1) is 10.2 Å². The minimum absolute atomic E-state index is 0.559. The molecule has 6 heteroatoms. The highest BCUT2D eigenvalue weighted by Crippen LogP contribution is 2.27. The lowest BCUT2D eigenvalue weighted by atomic mass is 9.95. The van der Waals surface area contributed by atoms with Crippen LogP contribution in [0.5, 0.6) is 0 Å². The molecule has 0 saturated carbocycles. The first-order chi connectivity index (χ1) is 10.8. The molecule has 1 aliphatic rings. The first kappa shape index (κ1) is 15.2. The lowest BCUT2D eigenvalue weighted by molar-refractivity contribution is 0.200. The summed E-state index contributed by atoms with van der Waals surface area (Å²) in [6, 6.07) is 0. The minimum atomic E-state index is 0.559. The van der Waals surface area contributed by atoms with E-state index in [1.807, 2.05) is 17.2 Å². The van der Waals surface area contributed by atoms with Crippen LogP contribution in [0, 0.1) is 0 Å². The van der Waals surface area contributed by atoms with Crippen molar-refractivity contribution in [2.45, 2.75) is 58.7 Å². The molecule has 0 N–H and O–H groups in total. The minimum Gasteiger partial charge on any atom is -0.317 e. The fourth-order valence-electron chi connectivity index (χ4n) is 3.26. The Balaban J connectivity index is 1.54. The van der Waals surface area contributed by atoms with E-state index in [-0.39, 0.29) is 0 Å². The molecule has 3 heterocycles. The zero-order chi connectivity index (χ0) is 15.4. The normalized spacial score (nSPS) is 17.2. The second-order valence-corrected chi connectivity index (χ2v) is 6.14. The van der Waals surface area contributed by atoms with Crippen LogP contribution in [0.1, 0.15) is 50.4 Å². The van der Waals surface area contributed by atoms with Gasteiger partial charge in [-0.05, 0) is 39.3 Å². The SMILES string of the molecule is CCCn1cnnc1C1CCN(Cc2cnn(CC)c2)CC1. The number of piperidine rings is 1. The first-order valence-corrected chi connectivity index (χ1v) is 8.41. The van der Waals surface area contributed by atoms with Gasteiger partial charge in [0.25, 0.3) is 0 Å². The summed E-state index contributed by atoms with van der Waals surface area (Å²) in [5.41, 5.74) is 1.31. The van der Waals surface area contributed by atoms with E-state index in [1.165, 1.54) is 24.2 Å². The van der Waals surface area contributed by atoms with Crippen LogP contribution < -0.4 is 0 Å². The summed E-state index contributed by atoms with van der Waals surface area (Å²) in [5, 5.41) is 12.8. The van der Waals surface area contributed by atoms with Gasteiger partial charge in [0.05, 0.1) is 6.20 Å². The number of rotatable bonds is 6. The second kappa shape index (κ2) is 7.05. The van der Waals surface area contributed by atoms with Crippen LogP contribution in [0.15, 0.2) is 18.7 Å². The molecule has 22 heavy (non-hydrogen) atoms. The van der Waals surface area contributed by atoms with Crippen LogP contribution >= 0.6 is 0 Å². The van der Waals surface area contributed by atoms with Gasteiger partial charge in [0.2, 0.25) is 0 Å². The molecule has 3 rings (SSSR count). The molecule has 0 radical (unpaired) electrons. The van der Waals surface area contributed by atoms with Crippen molar-refractivity contribution in [2.24, 2.45) is 0 Å². The van der Waals surface area contributed by atoms with Gasteiger partial charge in [0.1, 0.15) is 12.2 Å². The number of likely N-dealkylation sites (tertiary alicyclic amines) is 1. The Morgan fingerprint density at radius 1 is 1.23 bits per heavy atom. The Morgan fingerprint density at radius 2 is 2.05 bits per heavy atom. The predicted molar refractivity (Wildman–Crippen MR) is 85.5 cm³/mol. The molecule has 0 aromatic carbocycles. The molecule has 2 aromatic heterocycles. The van der Waals surface area contributed by atoms with Gasteiger partial charge in [-0.25, -0.2) is 0 Å². The van der Waals surface area contributed by atoms with Crippen molar-refractivity contribution in [3.05, 3.63) is 30.1 Å². The highest BCUT2D eigenvalue weighted by molar-refractivity contribution is 5.05. The molecule has 0 bridgehead atoms. The third-order valence-electron chi connectivity index (χ3n) is 4.48. The highest BCUT2D eigenvalue weighted by Gasteiger charge is 2.24. The van der Waals surface area contributed by atoms with Crippen molar-refractivity contribution in [2.75, 3.05) is 13.1 Å². The van der Waals surface area contributed by atoms with Crippen molar-refractivity contribution in [1.82, 2.24) is 29.4 Å². The Hall–Kier alpha value is -1.69. The summed E-state index contributed by atoms with van der Waals surface area (Å²) in [7, 11) is 0. The quantitative estimate of drug-likeness (QED) is 0.821. The summed E-state index contributed by atoms with van der Waals surface area (Å²) in [4.78, 5) is 2.52. The van der Waals surface area contributed by atoms with Crippen LogP contribution in [0.2, 0.25) is 0 Å². The maximum Gasteiger partial charge on any atom is 0.136 e. The molecule has 1 aliphatic heterocycles. The zero-order valence-electron chi connectivity index (χ0n) is 13.6. The lowest BCUT2D eigenvalue weighted by Gasteiger charge is -2.31. The molecule has 0 aliphatic carbocycles. The van der Waals surface area contributed by atoms with E-state index >= 15 is 0 Å². The van der Waals surface area contributed by atoms with E-state index in [1.54, 1.807) is 0 Å². The van der Waals surface area contributed by atoms with Gasteiger partial charge in [-0.3, -0.25) is 9.58 Å². The average Bonchev–Trinajstić information content (AvgIpc) is 3.18. The topological polar surface area (TPSA) is 51.8 Å². The lowest BCUT2D eigenvalue weighted by Crippen LogP contribution is -2.33. The summed E-state index contributed by atoms with van der Waals surface area (Å²) < 4.78 is 4.22. The third-order valence-corrected chi connectivity index (χ3v) is 4.48. The summed E-state index contributed by atoms with van der Waals surface area (Å²) in [5.74, 6) is 1.74. The van der Waals surface area contributed by atoms with Crippen LogP contribution in [0.3, 0.4) is 0 Å².